The van der Waals surface area contributed by atoms with Crippen LogP contribution in [0.4, 0.5) is 26.3 Å². The predicted molar refractivity (Wildman–Crippen MR) is 135 cm³/mol. The van der Waals surface area contributed by atoms with Gasteiger partial charge in [0.05, 0.1) is 11.1 Å². The molecule has 8 heteroatoms. The molecule has 200 valence electrons. The maximum Gasteiger partial charge on any atom is 0.416 e. The highest BCUT2D eigenvalue weighted by Crippen LogP contribution is 2.38. The summed E-state index contributed by atoms with van der Waals surface area (Å²) in [5.41, 5.74) is 9.58. The lowest BCUT2D eigenvalue weighted by Crippen LogP contribution is -2.36. The van der Waals surface area contributed by atoms with Crippen LogP contribution in [-0.2, 0) is 18.9 Å². The lowest BCUT2D eigenvalue weighted by molar-refractivity contribution is -0.143. The largest absolute Gasteiger partial charge is 0.416 e. The highest BCUT2D eigenvalue weighted by atomic mass is 19.4. The van der Waals surface area contributed by atoms with Gasteiger partial charge >= 0.3 is 12.4 Å². The molecule has 0 bridgehead atoms. The Morgan fingerprint density at radius 3 is 1.86 bits per heavy atom. The van der Waals surface area contributed by atoms with Crippen molar-refractivity contribution < 1.29 is 26.3 Å². The van der Waals surface area contributed by atoms with E-state index in [2.05, 4.69) is 37.4 Å². The molecule has 3 aromatic rings. The molecule has 2 nitrogen and oxygen atoms in total. The van der Waals surface area contributed by atoms with Crippen molar-refractivity contribution in [3.05, 3.63) is 93.5 Å². The van der Waals surface area contributed by atoms with Gasteiger partial charge in [-0.15, -0.1) is 0 Å². The van der Waals surface area contributed by atoms with E-state index in [1.165, 1.54) is 5.56 Å². The molecule has 0 aromatic heterocycles. The molecule has 37 heavy (non-hydrogen) atoms. The number of hydrogen-bond donors (Lipinski definition) is 2. The van der Waals surface area contributed by atoms with Crippen molar-refractivity contribution in [2.24, 2.45) is 5.73 Å². The summed E-state index contributed by atoms with van der Waals surface area (Å²) in [7, 11) is 0. The fourth-order valence-corrected chi connectivity index (χ4v) is 4.28. The van der Waals surface area contributed by atoms with Crippen LogP contribution in [0.3, 0.4) is 0 Å². The van der Waals surface area contributed by atoms with Gasteiger partial charge in [0, 0.05) is 18.6 Å². The van der Waals surface area contributed by atoms with E-state index >= 15 is 0 Å². The van der Waals surface area contributed by atoms with Crippen LogP contribution in [0.2, 0.25) is 0 Å². The standard InChI is InChI=1S/C29H32F6N2/c1-16(2)20-8-7-18(4)26(13-20)25-9-6-17(3)10-22(25)15-37-19(5)27(36)21-11-23(28(30,31)32)14-24(12-21)29(33,34)35/h6-14,16,19,27,37H,15,36H2,1-5H3/t19-,27?/m0/s1. The Kier molecular flexibility index (Phi) is 8.44. The molecule has 0 saturated heterocycles. The number of rotatable bonds is 7. The number of aryl methyl sites for hydroxylation is 2. The number of alkyl halides is 6. The summed E-state index contributed by atoms with van der Waals surface area (Å²) in [6.45, 7) is 10.2. The zero-order valence-electron chi connectivity index (χ0n) is 21.5. The Labute approximate surface area is 213 Å². The van der Waals surface area contributed by atoms with Crippen LogP contribution in [-0.4, -0.2) is 6.04 Å². The molecule has 3 N–H and O–H groups in total. The molecular weight excluding hydrogens is 490 g/mol. The van der Waals surface area contributed by atoms with Gasteiger partial charge in [0.2, 0.25) is 0 Å². The number of benzene rings is 3. The van der Waals surface area contributed by atoms with E-state index in [0.717, 1.165) is 27.8 Å². The maximum absolute atomic E-state index is 13.3. The molecule has 0 aliphatic rings. The van der Waals surface area contributed by atoms with E-state index < -0.39 is 35.6 Å². The van der Waals surface area contributed by atoms with Crippen molar-refractivity contribution in [3.63, 3.8) is 0 Å². The van der Waals surface area contributed by atoms with Crippen molar-refractivity contribution in [2.45, 2.75) is 71.5 Å². The molecule has 1 unspecified atom stereocenters. The topological polar surface area (TPSA) is 38.0 Å². The molecule has 0 heterocycles. The predicted octanol–water partition coefficient (Wildman–Crippen LogP) is 8.31. The second-order valence-corrected chi connectivity index (χ2v) is 9.92. The highest BCUT2D eigenvalue weighted by Gasteiger charge is 2.37. The summed E-state index contributed by atoms with van der Waals surface area (Å²) in [5, 5.41) is 3.22. The van der Waals surface area contributed by atoms with Crippen molar-refractivity contribution in [1.29, 1.82) is 0 Å². The van der Waals surface area contributed by atoms with Gasteiger partial charge in [-0.05, 0) is 78.3 Å². The van der Waals surface area contributed by atoms with Crippen LogP contribution in [0.1, 0.15) is 71.7 Å². The van der Waals surface area contributed by atoms with E-state index in [-0.39, 0.29) is 11.6 Å². The average Bonchev–Trinajstić information content (AvgIpc) is 2.81. The summed E-state index contributed by atoms with van der Waals surface area (Å²) in [4.78, 5) is 0. The Morgan fingerprint density at radius 2 is 1.32 bits per heavy atom. The number of nitrogens with one attached hydrogen (secondary N) is 1. The molecular formula is C29H32F6N2. The van der Waals surface area contributed by atoms with Crippen LogP contribution in [0.5, 0.6) is 0 Å². The second kappa shape index (κ2) is 10.9. The quantitative estimate of drug-likeness (QED) is 0.306. The molecule has 0 saturated carbocycles. The average molecular weight is 523 g/mol. The molecule has 0 spiro atoms. The fraction of sp³-hybridized carbons (Fsp3) is 0.379. The molecule has 3 aromatic carbocycles. The molecule has 0 radical (unpaired) electrons. The fourth-order valence-electron chi connectivity index (χ4n) is 4.28. The highest BCUT2D eigenvalue weighted by molar-refractivity contribution is 5.72. The van der Waals surface area contributed by atoms with Crippen LogP contribution in [0.25, 0.3) is 11.1 Å². The first-order chi connectivity index (χ1) is 17.1. The van der Waals surface area contributed by atoms with E-state index in [9.17, 15) is 26.3 Å². The lowest BCUT2D eigenvalue weighted by Gasteiger charge is -2.25. The third-order valence-corrected chi connectivity index (χ3v) is 6.63. The van der Waals surface area contributed by atoms with E-state index in [1.54, 1.807) is 6.92 Å². The summed E-state index contributed by atoms with van der Waals surface area (Å²) < 4.78 is 79.8. The minimum atomic E-state index is -4.93. The smallest absolute Gasteiger partial charge is 0.323 e. The SMILES string of the molecule is Cc1ccc(-c2cc(C(C)C)ccc2C)c(CN[C@@H](C)C(N)c2cc(C(F)(F)F)cc(C(F)(F)F)c2)c1. The summed E-state index contributed by atoms with van der Waals surface area (Å²) in [5.74, 6) is 0.346. The maximum atomic E-state index is 13.3. The van der Waals surface area contributed by atoms with Crippen molar-refractivity contribution in [1.82, 2.24) is 5.32 Å². The first-order valence-electron chi connectivity index (χ1n) is 12.1. The molecule has 0 aliphatic heterocycles. The monoisotopic (exact) mass is 522 g/mol. The Balaban J connectivity index is 1.91. The van der Waals surface area contributed by atoms with Gasteiger partial charge in [0.25, 0.3) is 0 Å². The first kappa shape index (κ1) is 28.7. The molecule has 0 fully saturated rings. The van der Waals surface area contributed by atoms with Gasteiger partial charge in [-0.25, -0.2) is 0 Å². The van der Waals surface area contributed by atoms with Crippen molar-refractivity contribution >= 4 is 0 Å². The van der Waals surface area contributed by atoms with Gasteiger partial charge in [-0.2, -0.15) is 26.3 Å². The van der Waals surface area contributed by atoms with E-state index in [1.807, 2.05) is 32.0 Å². The Hall–Kier alpha value is -2.84. The van der Waals surface area contributed by atoms with Gasteiger partial charge < -0.3 is 11.1 Å². The zero-order chi connectivity index (χ0) is 27.7. The molecule has 2 atom stereocenters. The number of nitrogens with two attached hydrogens (primary N) is 1. The van der Waals surface area contributed by atoms with Gasteiger partial charge in [-0.3, -0.25) is 0 Å². The molecule has 3 rings (SSSR count). The van der Waals surface area contributed by atoms with Crippen molar-refractivity contribution in [3.8, 4) is 11.1 Å². The van der Waals surface area contributed by atoms with Gasteiger partial charge in [0.15, 0.2) is 0 Å². The first-order valence-corrected chi connectivity index (χ1v) is 12.1. The normalized spacial score (nSPS) is 14.2. The van der Waals surface area contributed by atoms with Crippen LogP contribution >= 0.6 is 0 Å². The third kappa shape index (κ3) is 6.93. The zero-order valence-corrected chi connectivity index (χ0v) is 21.5. The summed E-state index contributed by atoms with van der Waals surface area (Å²) in [6.07, 6.45) is -9.85. The van der Waals surface area contributed by atoms with Crippen LogP contribution in [0, 0.1) is 13.8 Å². The molecule has 0 amide bonds. The van der Waals surface area contributed by atoms with Crippen LogP contribution < -0.4 is 11.1 Å². The van der Waals surface area contributed by atoms with E-state index in [0.29, 0.717) is 24.6 Å². The number of halogens is 6. The minimum absolute atomic E-state index is 0.112. The lowest BCUT2D eigenvalue weighted by atomic mass is 9.90. The number of hydrogen-bond acceptors (Lipinski definition) is 2. The van der Waals surface area contributed by atoms with Crippen molar-refractivity contribution in [2.75, 3.05) is 0 Å². The Bertz CT molecular complexity index is 1210. The van der Waals surface area contributed by atoms with Crippen LogP contribution in [0.15, 0.2) is 54.6 Å². The van der Waals surface area contributed by atoms with Gasteiger partial charge in [-0.1, -0.05) is 55.8 Å². The molecule has 0 aliphatic carbocycles. The van der Waals surface area contributed by atoms with Gasteiger partial charge in [0.1, 0.15) is 0 Å². The second-order valence-electron chi connectivity index (χ2n) is 9.92. The summed E-state index contributed by atoms with van der Waals surface area (Å²) in [6, 6.07) is 12.2. The third-order valence-electron chi connectivity index (χ3n) is 6.63. The minimum Gasteiger partial charge on any atom is -0.323 e. The summed E-state index contributed by atoms with van der Waals surface area (Å²) >= 11 is 0. The van der Waals surface area contributed by atoms with E-state index in [4.69, 9.17) is 5.73 Å². The Morgan fingerprint density at radius 1 is 0.730 bits per heavy atom.